The van der Waals surface area contributed by atoms with E-state index >= 15 is 0 Å². The van der Waals surface area contributed by atoms with Gasteiger partial charge in [-0.05, 0) is 25.5 Å². The molecule has 17 heavy (non-hydrogen) atoms. The summed E-state index contributed by atoms with van der Waals surface area (Å²) in [5.74, 6) is 0.906. The van der Waals surface area contributed by atoms with Crippen LogP contribution in [0.25, 0.3) is 5.52 Å². The number of nitrogens with two attached hydrogens (primary N) is 1. The summed E-state index contributed by atoms with van der Waals surface area (Å²) in [6.07, 6.45) is 10.1. The maximum absolute atomic E-state index is 5.45. The molecule has 5 heteroatoms. The van der Waals surface area contributed by atoms with Crippen molar-refractivity contribution in [3.63, 3.8) is 0 Å². The second-order valence-electron chi connectivity index (χ2n) is 4.07. The third-order valence-corrected chi connectivity index (χ3v) is 2.75. The van der Waals surface area contributed by atoms with Gasteiger partial charge < -0.3 is 11.1 Å². The fourth-order valence-corrected chi connectivity index (χ4v) is 1.82. The Morgan fingerprint density at radius 3 is 2.94 bits per heavy atom. The Labute approximate surface area is 101 Å². The van der Waals surface area contributed by atoms with Crippen LogP contribution in [0.4, 0.5) is 5.82 Å². The lowest BCUT2D eigenvalue weighted by Gasteiger charge is -2.06. The quantitative estimate of drug-likeness (QED) is 0.714. The average Bonchev–Trinajstić information content (AvgIpc) is 2.82. The summed E-state index contributed by atoms with van der Waals surface area (Å²) in [5, 5.41) is 7.52. The van der Waals surface area contributed by atoms with Crippen molar-refractivity contribution in [2.24, 2.45) is 5.73 Å². The third-order valence-electron chi connectivity index (χ3n) is 2.75. The number of hydrogen-bond donors (Lipinski definition) is 2. The minimum atomic E-state index is 0.796. The Hall–Kier alpha value is -1.62. The predicted octanol–water partition coefficient (Wildman–Crippen LogP) is 1.66. The highest BCUT2D eigenvalue weighted by Crippen LogP contribution is 2.12. The molecule has 0 aliphatic rings. The predicted molar refractivity (Wildman–Crippen MR) is 69.0 cm³/mol. The zero-order chi connectivity index (χ0) is 11.9. The molecular formula is C12H19N5. The van der Waals surface area contributed by atoms with Crippen LogP contribution < -0.4 is 11.1 Å². The summed E-state index contributed by atoms with van der Waals surface area (Å²) < 4.78 is 1.82. The van der Waals surface area contributed by atoms with Crippen molar-refractivity contribution in [1.82, 2.24) is 14.6 Å². The molecule has 0 saturated carbocycles. The molecular weight excluding hydrogens is 214 g/mol. The van der Waals surface area contributed by atoms with Gasteiger partial charge in [-0.1, -0.05) is 12.8 Å². The largest absolute Gasteiger partial charge is 0.368 e. The van der Waals surface area contributed by atoms with Crippen molar-refractivity contribution in [2.75, 3.05) is 18.4 Å². The van der Waals surface area contributed by atoms with E-state index < -0.39 is 0 Å². The Morgan fingerprint density at radius 2 is 2.06 bits per heavy atom. The summed E-state index contributed by atoms with van der Waals surface area (Å²) in [5.41, 5.74) is 6.47. The van der Waals surface area contributed by atoms with E-state index in [1.165, 1.54) is 12.8 Å². The van der Waals surface area contributed by atoms with Crippen molar-refractivity contribution >= 4 is 11.3 Å². The van der Waals surface area contributed by atoms with Gasteiger partial charge in [0.25, 0.3) is 0 Å². The smallest absolute Gasteiger partial charge is 0.152 e. The van der Waals surface area contributed by atoms with E-state index in [-0.39, 0.29) is 0 Å². The molecule has 0 unspecified atom stereocenters. The Morgan fingerprint density at radius 1 is 1.18 bits per heavy atom. The number of rotatable bonds is 7. The molecule has 2 rings (SSSR count). The van der Waals surface area contributed by atoms with Gasteiger partial charge in [-0.15, -0.1) is 0 Å². The van der Waals surface area contributed by atoms with Gasteiger partial charge in [-0.25, -0.2) is 9.50 Å². The van der Waals surface area contributed by atoms with Crippen molar-refractivity contribution < 1.29 is 0 Å². The standard InChI is InChI=1S/C12H19N5/c13-6-3-1-2-4-7-14-12-11-5-8-16-17(11)10-9-15-12/h5,8-10H,1-4,6-7,13H2,(H,14,15). The lowest BCUT2D eigenvalue weighted by atomic mass is 10.2. The van der Waals surface area contributed by atoms with Gasteiger partial charge in [0.2, 0.25) is 0 Å². The molecule has 0 aromatic carbocycles. The van der Waals surface area contributed by atoms with Crippen LogP contribution in [0.2, 0.25) is 0 Å². The van der Waals surface area contributed by atoms with Gasteiger partial charge >= 0.3 is 0 Å². The van der Waals surface area contributed by atoms with E-state index in [2.05, 4.69) is 15.4 Å². The molecule has 2 heterocycles. The summed E-state index contributed by atoms with van der Waals surface area (Å²) in [6, 6.07) is 1.96. The maximum Gasteiger partial charge on any atom is 0.152 e. The Kier molecular flexibility index (Phi) is 4.32. The molecule has 0 atom stereocenters. The fraction of sp³-hybridized carbons (Fsp3) is 0.500. The van der Waals surface area contributed by atoms with Gasteiger partial charge in [0.1, 0.15) is 5.52 Å². The number of hydrogen-bond acceptors (Lipinski definition) is 4. The van der Waals surface area contributed by atoms with Crippen LogP contribution in [-0.4, -0.2) is 27.7 Å². The van der Waals surface area contributed by atoms with E-state index in [0.29, 0.717) is 0 Å². The Balaban J connectivity index is 1.80. The molecule has 0 saturated heterocycles. The van der Waals surface area contributed by atoms with E-state index in [9.17, 15) is 0 Å². The molecule has 3 N–H and O–H groups in total. The van der Waals surface area contributed by atoms with Crippen LogP contribution in [0.15, 0.2) is 24.7 Å². The van der Waals surface area contributed by atoms with Crippen molar-refractivity contribution in [1.29, 1.82) is 0 Å². The van der Waals surface area contributed by atoms with Crippen LogP contribution in [0.1, 0.15) is 25.7 Å². The first-order chi connectivity index (χ1) is 8.42. The molecule has 0 aliphatic carbocycles. The van der Waals surface area contributed by atoms with Gasteiger partial charge in [0, 0.05) is 18.9 Å². The summed E-state index contributed by atoms with van der Waals surface area (Å²) in [7, 11) is 0. The number of unbranched alkanes of at least 4 members (excludes halogenated alkanes) is 3. The lowest BCUT2D eigenvalue weighted by Crippen LogP contribution is -2.05. The lowest BCUT2D eigenvalue weighted by molar-refractivity contribution is 0.661. The first-order valence-corrected chi connectivity index (χ1v) is 6.14. The van der Waals surface area contributed by atoms with E-state index in [1.807, 2.05) is 16.8 Å². The molecule has 2 aromatic rings. The molecule has 0 spiro atoms. The number of aromatic nitrogens is 3. The third kappa shape index (κ3) is 3.17. The molecule has 5 nitrogen and oxygen atoms in total. The molecule has 0 radical (unpaired) electrons. The van der Waals surface area contributed by atoms with Gasteiger partial charge in [-0.2, -0.15) is 5.10 Å². The summed E-state index contributed by atoms with van der Waals surface area (Å²) in [6.45, 7) is 1.74. The SMILES string of the molecule is NCCCCCCNc1nccn2nccc12. The maximum atomic E-state index is 5.45. The number of anilines is 1. The minimum Gasteiger partial charge on any atom is -0.368 e. The van der Waals surface area contributed by atoms with E-state index in [1.54, 1.807) is 12.4 Å². The van der Waals surface area contributed by atoms with Crippen LogP contribution in [0.5, 0.6) is 0 Å². The summed E-state index contributed by atoms with van der Waals surface area (Å²) in [4.78, 5) is 4.32. The van der Waals surface area contributed by atoms with Gasteiger partial charge in [-0.3, -0.25) is 0 Å². The van der Waals surface area contributed by atoms with E-state index in [0.717, 1.165) is 37.3 Å². The monoisotopic (exact) mass is 233 g/mol. The molecule has 2 aromatic heterocycles. The first kappa shape index (κ1) is 11.9. The van der Waals surface area contributed by atoms with Crippen molar-refractivity contribution in [3.8, 4) is 0 Å². The second kappa shape index (κ2) is 6.20. The molecule has 0 amide bonds. The fourth-order valence-electron chi connectivity index (χ4n) is 1.82. The zero-order valence-electron chi connectivity index (χ0n) is 9.97. The minimum absolute atomic E-state index is 0.796. The molecule has 0 fully saturated rings. The first-order valence-electron chi connectivity index (χ1n) is 6.14. The average molecular weight is 233 g/mol. The van der Waals surface area contributed by atoms with Crippen molar-refractivity contribution in [3.05, 3.63) is 24.7 Å². The van der Waals surface area contributed by atoms with E-state index in [4.69, 9.17) is 5.73 Å². The van der Waals surface area contributed by atoms with Crippen LogP contribution in [-0.2, 0) is 0 Å². The van der Waals surface area contributed by atoms with Crippen LogP contribution >= 0.6 is 0 Å². The topological polar surface area (TPSA) is 68.2 Å². The highest BCUT2D eigenvalue weighted by atomic mass is 15.2. The van der Waals surface area contributed by atoms with Crippen LogP contribution in [0, 0.1) is 0 Å². The van der Waals surface area contributed by atoms with Gasteiger partial charge in [0.05, 0.1) is 6.20 Å². The highest BCUT2D eigenvalue weighted by Gasteiger charge is 2.01. The van der Waals surface area contributed by atoms with Crippen molar-refractivity contribution in [2.45, 2.75) is 25.7 Å². The molecule has 0 bridgehead atoms. The Bertz CT molecular complexity index is 451. The summed E-state index contributed by atoms with van der Waals surface area (Å²) >= 11 is 0. The molecule has 0 aliphatic heterocycles. The number of nitrogens with one attached hydrogen (secondary N) is 1. The number of fused-ring (bicyclic) bond motifs is 1. The zero-order valence-corrected chi connectivity index (χ0v) is 9.97. The second-order valence-corrected chi connectivity index (χ2v) is 4.07. The van der Waals surface area contributed by atoms with Crippen LogP contribution in [0.3, 0.4) is 0 Å². The normalized spacial score (nSPS) is 10.9. The molecule has 92 valence electrons. The highest BCUT2D eigenvalue weighted by molar-refractivity contribution is 5.66. The number of nitrogens with zero attached hydrogens (tertiary/aromatic N) is 3. The van der Waals surface area contributed by atoms with Gasteiger partial charge in [0.15, 0.2) is 5.82 Å².